The van der Waals surface area contributed by atoms with Crippen molar-refractivity contribution in [1.29, 1.82) is 0 Å². The van der Waals surface area contributed by atoms with Gasteiger partial charge in [0.2, 0.25) is 15.9 Å². The van der Waals surface area contributed by atoms with Crippen LogP contribution < -0.4 is 10.6 Å². The van der Waals surface area contributed by atoms with Gasteiger partial charge in [-0.3, -0.25) is 10.1 Å². The number of anilines is 2. The predicted octanol–water partition coefficient (Wildman–Crippen LogP) is 2.92. The number of amides is 2. The highest BCUT2D eigenvalue weighted by atomic mass is 32.2. The summed E-state index contributed by atoms with van der Waals surface area (Å²) in [5, 5.41) is 5.40. The number of methoxy groups -OCH3 is 1. The average Bonchev–Trinajstić information content (AvgIpc) is 2.80. The molecule has 9 nitrogen and oxygen atoms in total. The van der Waals surface area contributed by atoms with Gasteiger partial charge in [0.1, 0.15) is 6.61 Å². The normalized spacial score (nSPS) is 16.8. The molecule has 3 rings (SSSR count). The lowest BCUT2D eigenvalue weighted by Gasteiger charge is -2.31. The predicted molar refractivity (Wildman–Crippen MR) is 120 cm³/mol. The van der Waals surface area contributed by atoms with Crippen molar-refractivity contribution < 1.29 is 27.5 Å². The van der Waals surface area contributed by atoms with E-state index in [1.807, 2.05) is 0 Å². The van der Waals surface area contributed by atoms with Gasteiger partial charge in [-0.1, -0.05) is 24.3 Å². The molecule has 1 saturated heterocycles. The third kappa shape index (κ3) is 6.28. The highest BCUT2D eigenvalue weighted by molar-refractivity contribution is 7.89. The summed E-state index contributed by atoms with van der Waals surface area (Å²) in [5.41, 5.74) is 0.954. The zero-order valence-electron chi connectivity index (χ0n) is 17.8. The van der Waals surface area contributed by atoms with Crippen molar-refractivity contribution in [1.82, 2.24) is 4.31 Å². The minimum absolute atomic E-state index is 0.118. The first-order chi connectivity index (χ1) is 15.4. The third-order valence-corrected chi connectivity index (χ3v) is 6.91. The van der Waals surface area contributed by atoms with Crippen LogP contribution >= 0.6 is 0 Å². The van der Waals surface area contributed by atoms with Crippen LogP contribution in [0.3, 0.4) is 0 Å². The van der Waals surface area contributed by atoms with Gasteiger partial charge < -0.3 is 14.8 Å². The zero-order chi connectivity index (χ0) is 23.0. The minimum Gasteiger partial charge on any atom is -0.447 e. The molecule has 2 aromatic carbocycles. The lowest BCUT2D eigenvalue weighted by Crippen LogP contribution is -2.43. The molecule has 0 spiro atoms. The van der Waals surface area contributed by atoms with E-state index in [-0.39, 0.29) is 24.0 Å². The second-order valence-electron chi connectivity index (χ2n) is 7.34. The van der Waals surface area contributed by atoms with Crippen LogP contribution in [0.5, 0.6) is 0 Å². The molecule has 1 aliphatic heterocycles. The summed E-state index contributed by atoms with van der Waals surface area (Å²) >= 11 is 0. The second kappa shape index (κ2) is 11.1. The maximum Gasteiger partial charge on any atom is 0.411 e. The molecule has 2 aromatic rings. The Morgan fingerprint density at radius 2 is 1.75 bits per heavy atom. The first kappa shape index (κ1) is 23.7. The Bertz CT molecular complexity index is 1030. The molecule has 1 fully saturated rings. The van der Waals surface area contributed by atoms with Crippen molar-refractivity contribution in [2.45, 2.75) is 17.7 Å². The smallest absolute Gasteiger partial charge is 0.411 e. The summed E-state index contributed by atoms with van der Waals surface area (Å²) in [6, 6.07) is 14.9. The maximum absolute atomic E-state index is 12.9. The summed E-state index contributed by atoms with van der Waals surface area (Å²) < 4.78 is 36.9. The summed E-state index contributed by atoms with van der Waals surface area (Å²) in [4.78, 5) is 24.8. The van der Waals surface area contributed by atoms with Gasteiger partial charge in [-0.15, -0.1) is 0 Å². The van der Waals surface area contributed by atoms with Gasteiger partial charge in [0.15, 0.2) is 0 Å². The first-order valence-electron chi connectivity index (χ1n) is 10.3. The molecule has 0 aliphatic carbocycles. The van der Waals surface area contributed by atoms with Crippen molar-refractivity contribution in [3.8, 4) is 0 Å². The summed E-state index contributed by atoms with van der Waals surface area (Å²) in [7, 11) is -2.14. The highest BCUT2D eigenvalue weighted by Crippen LogP contribution is 2.25. The van der Waals surface area contributed by atoms with Crippen LogP contribution in [0.4, 0.5) is 16.2 Å². The van der Waals surface area contributed by atoms with Crippen molar-refractivity contribution in [3.05, 3.63) is 54.6 Å². The van der Waals surface area contributed by atoms with Gasteiger partial charge in [0.05, 0.1) is 17.4 Å². The fourth-order valence-electron chi connectivity index (χ4n) is 3.41. The van der Waals surface area contributed by atoms with Crippen molar-refractivity contribution in [3.63, 3.8) is 0 Å². The number of hydrogen-bond donors (Lipinski definition) is 2. The topological polar surface area (TPSA) is 114 Å². The Morgan fingerprint density at radius 1 is 1.03 bits per heavy atom. The van der Waals surface area contributed by atoms with Crippen molar-refractivity contribution in [2.75, 3.05) is 44.0 Å². The average molecular weight is 462 g/mol. The molecule has 0 radical (unpaired) electrons. The molecule has 10 heteroatoms. The van der Waals surface area contributed by atoms with E-state index in [4.69, 9.17) is 9.47 Å². The molecule has 0 saturated carbocycles. The number of rotatable bonds is 8. The van der Waals surface area contributed by atoms with E-state index in [2.05, 4.69) is 10.6 Å². The number of benzene rings is 2. The Balaban J connectivity index is 1.60. The van der Waals surface area contributed by atoms with Crippen LogP contribution in [-0.4, -0.2) is 58.1 Å². The molecular weight excluding hydrogens is 434 g/mol. The first-order valence-corrected chi connectivity index (χ1v) is 11.7. The Morgan fingerprint density at radius 3 is 2.47 bits per heavy atom. The van der Waals surface area contributed by atoms with Crippen LogP contribution in [0.2, 0.25) is 0 Å². The van der Waals surface area contributed by atoms with E-state index < -0.39 is 22.0 Å². The number of carbonyl (C=O) groups excluding carboxylic acids is 2. The molecule has 0 bridgehead atoms. The number of piperidine rings is 1. The van der Waals surface area contributed by atoms with Crippen LogP contribution in [0, 0.1) is 5.92 Å². The molecule has 172 valence electrons. The lowest BCUT2D eigenvalue weighted by atomic mass is 9.98. The van der Waals surface area contributed by atoms with E-state index in [0.717, 1.165) is 0 Å². The largest absolute Gasteiger partial charge is 0.447 e. The maximum atomic E-state index is 12.9. The van der Waals surface area contributed by atoms with Gasteiger partial charge in [-0.05, 0) is 43.2 Å². The number of hydrogen-bond acceptors (Lipinski definition) is 6. The quantitative estimate of drug-likeness (QED) is 0.585. The highest BCUT2D eigenvalue weighted by Gasteiger charge is 2.33. The Hall–Kier alpha value is -2.95. The number of carbonyl (C=O) groups is 2. The van der Waals surface area contributed by atoms with E-state index >= 15 is 0 Å². The summed E-state index contributed by atoms with van der Waals surface area (Å²) in [5.74, 6) is -0.740. The summed E-state index contributed by atoms with van der Waals surface area (Å²) in [6.45, 7) is 0.920. The Labute approximate surface area is 187 Å². The third-order valence-electron chi connectivity index (χ3n) is 5.03. The zero-order valence-corrected chi connectivity index (χ0v) is 18.6. The molecule has 1 aliphatic rings. The molecule has 2 N–H and O–H groups in total. The minimum atomic E-state index is -3.65. The molecule has 1 heterocycles. The summed E-state index contributed by atoms with van der Waals surface area (Å²) in [6.07, 6.45) is 0.565. The number of ether oxygens (including phenoxy) is 2. The van der Waals surface area contributed by atoms with Gasteiger partial charge in [0, 0.05) is 31.6 Å². The number of nitrogens with one attached hydrogen (secondary N) is 2. The molecule has 0 aromatic heterocycles. The Kier molecular flexibility index (Phi) is 8.20. The molecule has 2 amide bonds. The van der Waals surface area contributed by atoms with Gasteiger partial charge in [-0.25, -0.2) is 13.2 Å². The van der Waals surface area contributed by atoms with E-state index in [0.29, 0.717) is 37.4 Å². The monoisotopic (exact) mass is 461 g/mol. The standard InChI is InChI=1S/C22H27N3O6S/c1-30-13-14-31-22(27)24-19-9-5-8-18(15-19)23-21(26)17-7-6-12-25(16-17)32(28,29)20-10-3-2-4-11-20/h2-5,8-11,15,17H,6-7,12-14,16H2,1H3,(H,23,26)(H,24,27). The van der Waals surface area contributed by atoms with Crippen molar-refractivity contribution in [2.24, 2.45) is 5.92 Å². The molecule has 1 atom stereocenters. The number of nitrogens with zero attached hydrogens (tertiary/aromatic N) is 1. The van der Waals surface area contributed by atoms with Crippen LogP contribution in [0.15, 0.2) is 59.5 Å². The van der Waals surface area contributed by atoms with Crippen LogP contribution in [-0.2, 0) is 24.3 Å². The van der Waals surface area contributed by atoms with E-state index in [1.54, 1.807) is 54.6 Å². The van der Waals surface area contributed by atoms with Gasteiger partial charge in [-0.2, -0.15) is 4.31 Å². The molecular formula is C22H27N3O6S. The fourth-order valence-corrected chi connectivity index (χ4v) is 4.95. The van der Waals surface area contributed by atoms with Crippen LogP contribution in [0.25, 0.3) is 0 Å². The molecule has 32 heavy (non-hydrogen) atoms. The van der Waals surface area contributed by atoms with E-state index in [1.165, 1.54) is 11.4 Å². The van der Waals surface area contributed by atoms with Gasteiger partial charge >= 0.3 is 6.09 Å². The molecule has 1 unspecified atom stereocenters. The van der Waals surface area contributed by atoms with Gasteiger partial charge in [0.25, 0.3) is 0 Å². The fraction of sp³-hybridized carbons (Fsp3) is 0.364. The van der Waals surface area contributed by atoms with E-state index in [9.17, 15) is 18.0 Å². The lowest BCUT2D eigenvalue weighted by molar-refractivity contribution is -0.120. The van der Waals surface area contributed by atoms with Crippen LogP contribution in [0.1, 0.15) is 12.8 Å². The van der Waals surface area contributed by atoms with Crippen molar-refractivity contribution >= 4 is 33.4 Å². The second-order valence-corrected chi connectivity index (χ2v) is 9.28. The SMILES string of the molecule is COCCOC(=O)Nc1cccc(NC(=O)C2CCCN(S(=O)(=O)c3ccccc3)C2)c1. The number of sulfonamides is 1.